The fourth-order valence-electron chi connectivity index (χ4n) is 3.95. The molecule has 1 aliphatic carbocycles. The molecular formula is C22H28F2N2O5. The Labute approximate surface area is 179 Å². The van der Waals surface area contributed by atoms with E-state index in [1.165, 1.54) is 6.07 Å². The van der Waals surface area contributed by atoms with Gasteiger partial charge in [0, 0.05) is 5.92 Å². The first-order valence-electron chi connectivity index (χ1n) is 10.5. The number of aliphatic hydroxyl groups is 1. The molecular weight excluding hydrogens is 410 g/mol. The summed E-state index contributed by atoms with van der Waals surface area (Å²) < 4.78 is 32.0. The maximum Gasteiger partial charge on any atom is 0.239 e. The second-order valence-electron chi connectivity index (χ2n) is 8.75. The van der Waals surface area contributed by atoms with Gasteiger partial charge in [0.15, 0.2) is 23.0 Å². The predicted molar refractivity (Wildman–Crippen MR) is 107 cm³/mol. The number of hydrogen-bond acceptors (Lipinski definition) is 5. The highest BCUT2D eigenvalue weighted by Crippen LogP contribution is 2.30. The standard InChI is InChI=1S/C22H28F2N2O5/c1-12(2)5-18(20(29)22(10-27)11-31-22)26-19(28)9-25-21(30)14-4-3-13-7-16(23)17(24)8-15(13)6-14/h7-8,12,14,18,27H,3-6,9-11H2,1-2H3,(H,25,30)(H,26,28). The Morgan fingerprint density at radius 1 is 1.23 bits per heavy atom. The topological polar surface area (TPSA) is 108 Å². The van der Waals surface area contributed by atoms with Crippen molar-refractivity contribution in [3.05, 3.63) is 34.9 Å². The van der Waals surface area contributed by atoms with Gasteiger partial charge in [0.25, 0.3) is 0 Å². The Morgan fingerprint density at radius 3 is 2.45 bits per heavy atom. The first-order chi connectivity index (χ1) is 14.6. The maximum absolute atomic E-state index is 13.5. The largest absolute Gasteiger partial charge is 0.393 e. The van der Waals surface area contributed by atoms with Crippen LogP contribution in [0.3, 0.4) is 0 Å². The number of benzene rings is 1. The van der Waals surface area contributed by atoms with Gasteiger partial charge in [-0.1, -0.05) is 13.8 Å². The first kappa shape index (κ1) is 23.3. The maximum atomic E-state index is 13.5. The van der Waals surface area contributed by atoms with Crippen molar-refractivity contribution in [3.63, 3.8) is 0 Å². The molecule has 3 N–H and O–H groups in total. The zero-order chi connectivity index (χ0) is 22.8. The third kappa shape index (κ3) is 5.46. The number of aliphatic hydroxyl groups excluding tert-OH is 1. The van der Waals surface area contributed by atoms with Crippen molar-refractivity contribution in [1.82, 2.24) is 10.6 Å². The number of carbonyl (C=O) groups excluding carboxylic acids is 3. The molecule has 1 heterocycles. The van der Waals surface area contributed by atoms with E-state index < -0.39 is 41.7 Å². The summed E-state index contributed by atoms with van der Waals surface area (Å²) in [6.45, 7) is 3.18. The van der Waals surface area contributed by atoms with Crippen molar-refractivity contribution in [2.75, 3.05) is 19.8 Å². The Balaban J connectivity index is 1.53. The van der Waals surface area contributed by atoms with E-state index >= 15 is 0 Å². The summed E-state index contributed by atoms with van der Waals surface area (Å²) >= 11 is 0. The molecule has 0 bridgehead atoms. The van der Waals surface area contributed by atoms with Crippen molar-refractivity contribution in [2.24, 2.45) is 11.8 Å². The fraction of sp³-hybridized carbons (Fsp3) is 0.591. The lowest BCUT2D eigenvalue weighted by molar-refractivity contribution is -0.133. The van der Waals surface area contributed by atoms with Gasteiger partial charge in [-0.25, -0.2) is 8.78 Å². The average Bonchev–Trinajstić information content (AvgIpc) is 3.52. The highest BCUT2D eigenvalue weighted by molar-refractivity contribution is 5.97. The Bertz CT molecular complexity index is 870. The van der Waals surface area contributed by atoms with E-state index in [1.807, 2.05) is 13.8 Å². The summed E-state index contributed by atoms with van der Waals surface area (Å²) in [7, 11) is 0. The number of fused-ring (bicyclic) bond motifs is 1. The lowest BCUT2D eigenvalue weighted by Crippen LogP contribution is -2.51. The van der Waals surface area contributed by atoms with Gasteiger partial charge in [-0.05, 0) is 54.9 Å². The highest BCUT2D eigenvalue weighted by Gasteiger charge is 2.54. The second-order valence-corrected chi connectivity index (χ2v) is 8.75. The number of Topliss-reactive ketones (excluding diaryl/α,β-unsaturated/α-hetero) is 1. The molecule has 9 heteroatoms. The van der Waals surface area contributed by atoms with Gasteiger partial charge < -0.3 is 20.5 Å². The van der Waals surface area contributed by atoms with Gasteiger partial charge in [-0.15, -0.1) is 0 Å². The van der Waals surface area contributed by atoms with Crippen LogP contribution in [0.25, 0.3) is 0 Å². The number of aryl methyl sites for hydroxylation is 1. The predicted octanol–water partition coefficient (Wildman–Crippen LogP) is 1.05. The molecule has 7 nitrogen and oxygen atoms in total. The van der Waals surface area contributed by atoms with Crippen LogP contribution < -0.4 is 10.6 Å². The van der Waals surface area contributed by atoms with Crippen LogP contribution in [-0.4, -0.2) is 54.1 Å². The first-order valence-corrected chi connectivity index (χ1v) is 10.5. The molecule has 1 aromatic carbocycles. The molecule has 2 aliphatic rings. The van der Waals surface area contributed by atoms with Crippen LogP contribution in [0.2, 0.25) is 0 Å². The van der Waals surface area contributed by atoms with Gasteiger partial charge in [0.2, 0.25) is 11.8 Å². The van der Waals surface area contributed by atoms with Crippen molar-refractivity contribution in [1.29, 1.82) is 0 Å². The summed E-state index contributed by atoms with van der Waals surface area (Å²) in [4.78, 5) is 37.5. The van der Waals surface area contributed by atoms with E-state index in [9.17, 15) is 28.3 Å². The van der Waals surface area contributed by atoms with Crippen LogP contribution in [-0.2, 0) is 32.0 Å². The number of nitrogens with one attached hydrogen (secondary N) is 2. The van der Waals surface area contributed by atoms with Gasteiger partial charge >= 0.3 is 0 Å². The normalized spacial score (nSPS) is 23.1. The van der Waals surface area contributed by atoms with Crippen LogP contribution in [0.5, 0.6) is 0 Å². The fourth-order valence-corrected chi connectivity index (χ4v) is 3.95. The number of carbonyl (C=O) groups is 3. The van der Waals surface area contributed by atoms with Gasteiger partial charge in [-0.3, -0.25) is 14.4 Å². The molecule has 1 aliphatic heterocycles. The molecule has 0 aromatic heterocycles. The van der Waals surface area contributed by atoms with Crippen molar-refractivity contribution in [3.8, 4) is 0 Å². The lowest BCUT2D eigenvalue weighted by atomic mass is 9.83. The van der Waals surface area contributed by atoms with Crippen LogP contribution >= 0.6 is 0 Å². The molecule has 1 fully saturated rings. The number of ketones is 1. The number of halogens is 2. The Morgan fingerprint density at radius 2 is 1.87 bits per heavy atom. The second kappa shape index (κ2) is 9.40. The van der Waals surface area contributed by atoms with Crippen molar-refractivity contribution < 1.29 is 33.0 Å². The summed E-state index contributed by atoms with van der Waals surface area (Å²) in [5.41, 5.74) is 0.0484. The molecule has 1 saturated heterocycles. The number of ether oxygens (including phenoxy) is 1. The molecule has 3 rings (SSSR count). The smallest absolute Gasteiger partial charge is 0.239 e. The molecule has 3 unspecified atom stereocenters. The van der Waals surface area contributed by atoms with Crippen LogP contribution in [0.15, 0.2) is 12.1 Å². The SMILES string of the molecule is CC(C)CC(NC(=O)CNC(=O)C1CCc2cc(F)c(F)cc2C1)C(=O)C1(CO)CO1. The van der Waals surface area contributed by atoms with Gasteiger partial charge in [0.1, 0.15) is 0 Å². The van der Waals surface area contributed by atoms with Crippen LogP contribution in [0.4, 0.5) is 8.78 Å². The van der Waals surface area contributed by atoms with E-state index in [2.05, 4.69) is 10.6 Å². The summed E-state index contributed by atoms with van der Waals surface area (Å²) in [5, 5.41) is 14.6. The van der Waals surface area contributed by atoms with Crippen LogP contribution in [0, 0.1) is 23.5 Å². The van der Waals surface area contributed by atoms with E-state index in [0.717, 1.165) is 6.07 Å². The van der Waals surface area contributed by atoms with Gasteiger partial charge in [0.05, 0.1) is 25.8 Å². The Kier molecular flexibility index (Phi) is 7.06. The molecule has 3 atom stereocenters. The third-order valence-corrected chi connectivity index (χ3v) is 5.82. The molecule has 31 heavy (non-hydrogen) atoms. The monoisotopic (exact) mass is 438 g/mol. The number of amides is 2. The Hall–Kier alpha value is -2.39. The minimum absolute atomic E-state index is 0.117. The molecule has 0 radical (unpaired) electrons. The number of hydrogen-bond donors (Lipinski definition) is 3. The summed E-state index contributed by atoms with van der Waals surface area (Å²) in [6.07, 6.45) is 1.57. The molecule has 0 saturated carbocycles. The van der Waals surface area contributed by atoms with Crippen LogP contribution in [0.1, 0.15) is 37.8 Å². The van der Waals surface area contributed by atoms with E-state index in [0.29, 0.717) is 30.4 Å². The number of rotatable bonds is 9. The summed E-state index contributed by atoms with van der Waals surface area (Å²) in [5.74, 6) is -3.42. The van der Waals surface area contributed by atoms with E-state index in [1.54, 1.807) is 0 Å². The quantitative estimate of drug-likeness (QED) is 0.500. The minimum Gasteiger partial charge on any atom is -0.393 e. The molecule has 1 aromatic rings. The third-order valence-electron chi connectivity index (χ3n) is 5.82. The molecule has 170 valence electrons. The number of epoxide rings is 1. The minimum atomic E-state index is -1.24. The van der Waals surface area contributed by atoms with Crippen molar-refractivity contribution in [2.45, 2.75) is 51.2 Å². The highest BCUT2D eigenvalue weighted by atomic mass is 19.2. The zero-order valence-electron chi connectivity index (χ0n) is 17.7. The average molecular weight is 438 g/mol. The van der Waals surface area contributed by atoms with Gasteiger partial charge in [-0.2, -0.15) is 0 Å². The molecule has 0 spiro atoms. The van der Waals surface area contributed by atoms with E-state index in [-0.39, 0.29) is 37.2 Å². The lowest BCUT2D eigenvalue weighted by Gasteiger charge is -2.25. The zero-order valence-corrected chi connectivity index (χ0v) is 17.7. The molecule has 2 amide bonds. The summed E-state index contributed by atoms with van der Waals surface area (Å²) in [6, 6.07) is 1.47. The van der Waals surface area contributed by atoms with Crippen molar-refractivity contribution >= 4 is 17.6 Å². The van der Waals surface area contributed by atoms with E-state index in [4.69, 9.17) is 4.74 Å².